The highest BCUT2D eigenvalue weighted by molar-refractivity contribution is 5.90. The molecule has 31 heavy (non-hydrogen) atoms. The standard InChI is InChI=1S/C23H38N6O2/c1-3-29-10-5-8-21(29)18-26-23(24-2)25-17-19-6-4-7-20(16-19)27-22(30)9-11-28-12-14-31-15-13-28/h4,6-7,16,21H,3,5,8-15,17-18H2,1-2H3,(H,27,30)(H2,24,25,26). The van der Waals surface area contributed by atoms with Gasteiger partial charge in [-0.05, 0) is 43.6 Å². The SMILES string of the molecule is CCN1CCCC1CNC(=NC)NCc1cccc(NC(=O)CCN2CCOCC2)c1. The number of ether oxygens (including phenoxy) is 1. The van der Waals surface area contributed by atoms with Gasteiger partial charge in [-0.25, -0.2) is 0 Å². The van der Waals surface area contributed by atoms with Crippen molar-refractivity contribution < 1.29 is 9.53 Å². The zero-order valence-corrected chi connectivity index (χ0v) is 19.0. The molecule has 1 unspecified atom stereocenters. The van der Waals surface area contributed by atoms with E-state index >= 15 is 0 Å². The van der Waals surface area contributed by atoms with Gasteiger partial charge in [-0.1, -0.05) is 19.1 Å². The van der Waals surface area contributed by atoms with Crippen molar-refractivity contribution in [3.05, 3.63) is 29.8 Å². The van der Waals surface area contributed by atoms with Gasteiger partial charge in [-0.2, -0.15) is 0 Å². The number of amides is 1. The molecule has 8 heteroatoms. The summed E-state index contributed by atoms with van der Waals surface area (Å²) in [6.07, 6.45) is 3.01. The van der Waals surface area contributed by atoms with Gasteiger partial charge in [0.25, 0.3) is 0 Å². The summed E-state index contributed by atoms with van der Waals surface area (Å²) in [6, 6.07) is 8.56. The largest absolute Gasteiger partial charge is 0.379 e. The summed E-state index contributed by atoms with van der Waals surface area (Å²) in [5.74, 6) is 0.856. The molecule has 0 aliphatic carbocycles. The van der Waals surface area contributed by atoms with E-state index in [1.165, 1.54) is 19.4 Å². The van der Waals surface area contributed by atoms with Crippen LogP contribution in [0.15, 0.2) is 29.3 Å². The van der Waals surface area contributed by atoms with Gasteiger partial charge in [-0.3, -0.25) is 19.6 Å². The maximum Gasteiger partial charge on any atom is 0.225 e. The van der Waals surface area contributed by atoms with Crippen LogP contribution in [0.1, 0.15) is 31.7 Å². The lowest BCUT2D eigenvalue weighted by Gasteiger charge is -2.26. The second kappa shape index (κ2) is 12.6. The van der Waals surface area contributed by atoms with E-state index in [-0.39, 0.29) is 5.91 Å². The first-order valence-corrected chi connectivity index (χ1v) is 11.6. The van der Waals surface area contributed by atoms with Crippen molar-refractivity contribution in [3.8, 4) is 0 Å². The molecule has 2 heterocycles. The van der Waals surface area contributed by atoms with Crippen LogP contribution >= 0.6 is 0 Å². The van der Waals surface area contributed by atoms with Crippen molar-refractivity contribution in [2.75, 3.05) is 64.8 Å². The number of likely N-dealkylation sites (N-methyl/N-ethyl adjacent to an activating group) is 1. The fourth-order valence-electron chi connectivity index (χ4n) is 4.23. The predicted octanol–water partition coefficient (Wildman–Crippen LogP) is 1.50. The number of guanidine groups is 1. The summed E-state index contributed by atoms with van der Waals surface area (Å²) in [4.78, 5) is 21.5. The Morgan fingerprint density at radius 3 is 2.84 bits per heavy atom. The summed E-state index contributed by atoms with van der Waals surface area (Å²) in [5.41, 5.74) is 1.93. The van der Waals surface area contributed by atoms with Crippen LogP contribution in [0.25, 0.3) is 0 Å². The van der Waals surface area contributed by atoms with E-state index in [1.807, 2.05) is 18.2 Å². The molecule has 1 amide bonds. The molecule has 0 radical (unpaired) electrons. The van der Waals surface area contributed by atoms with E-state index < -0.39 is 0 Å². The number of anilines is 1. The molecule has 0 bridgehead atoms. The molecule has 1 aromatic rings. The van der Waals surface area contributed by atoms with E-state index in [1.54, 1.807) is 7.05 Å². The van der Waals surface area contributed by atoms with Crippen LogP contribution in [-0.4, -0.2) is 87.2 Å². The first-order chi connectivity index (χ1) is 15.2. The molecule has 2 aliphatic heterocycles. The molecule has 0 spiro atoms. The van der Waals surface area contributed by atoms with E-state index in [9.17, 15) is 4.79 Å². The van der Waals surface area contributed by atoms with Gasteiger partial charge in [0, 0.05) is 57.9 Å². The second-order valence-corrected chi connectivity index (χ2v) is 8.18. The highest BCUT2D eigenvalue weighted by Gasteiger charge is 2.22. The Morgan fingerprint density at radius 2 is 2.06 bits per heavy atom. The van der Waals surface area contributed by atoms with E-state index in [0.29, 0.717) is 19.0 Å². The van der Waals surface area contributed by atoms with Crippen molar-refractivity contribution in [1.82, 2.24) is 20.4 Å². The Kier molecular flexibility index (Phi) is 9.58. The summed E-state index contributed by atoms with van der Waals surface area (Å²) < 4.78 is 5.35. The Bertz CT molecular complexity index is 720. The molecular weight excluding hydrogens is 392 g/mol. The molecule has 172 valence electrons. The molecule has 8 nitrogen and oxygen atoms in total. The van der Waals surface area contributed by atoms with Crippen LogP contribution in [0.2, 0.25) is 0 Å². The summed E-state index contributed by atoms with van der Waals surface area (Å²) in [7, 11) is 1.80. The highest BCUT2D eigenvalue weighted by atomic mass is 16.5. The van der Waals surface area contributed by atoms with E-state index in [2.05, 4.69) is 43.7 Å². The van der Waals surface area contributed by atoms with E-state index in [4.69, 9.17) is 4.74 Å². The zero-order valence-electron chi connectivity index (χ0n) is 19.0. The van der Waals surface area contributed by atoms with Gasteiger partial charge in [0.1, 0.15) is 0 Å². The molecule has 0 saturated carbocycles. The number of benzene rings is 1. The van der Waals surface area contributed by atoms with Gasteiger partial charge in [0.2, 0.25) is 5.91 Å². The third-order valence-electron chi connectivity index (χ3n) is 6.06. The molecule has 1 aromatic carbocycles. The Labute approximate surface area is 186 Å². The minimum Gasteiger partial charge on any atom is -0.379 e. The lowest BCUT2D eigenvalue weighted by atomic mass is 10.2. The van der Waals surface area contributed by atoms with Crippen molar-refractivity contribution in [2.45, 2.75) is 38.8 Å². The fraction of sp³-hybridized carbons (Fsp3) is 0.652. The van der Waals surface area contributed by atoms with Gasteiger partial charge in [0.15, 0.2) is 5.96 Å². The Morgan fingerprint density at radius 1 is 1.23 bits per heavy atom. The quantitative estimate of drug-likeness (QED) is 0.407. The number of hydrogen-bond donors (Lipinski definition) is 3. The Balaban J connectivity index is 1.41. The van der Waals surface area contributed by atoms with Gasteiger partial charge < -0.3 is 20.7 Å². The monoisotopic (exact) mass is 430 g/mol. The van der Waals surface area contributed by atoms with Crippen LogP contribution in [0.3, 0.4) is 0 Å². The maximum absolute atomic E-state index is 12.3. The van der Waals surface area contributed by atoms with Crippen molar-refractivity contribution in [3.63, 3.8) is 0 Å². The second-order valence-electron chi connectivity index (χ2n) is 8.18. The number of rotatable bonds is 9. The van der Waals surface area contributed by atoms with E-state index in [0.717, 1.165) is 63.1 Å². The van der Waals surface area contributed by atoms with Gasteiger partial charge in [0.05, 0.1) is 13.2 Å². The number of nitrogens with zero attached hydrogens (tertiary/aromatic N) is 3. The van der Waals surface area contributed by atoms with Gasteiger partial charge in [-0.15, -0.1) is 0 Å². The summed E-state index contributed by atoms with van der Waals surface area (Å²) in [5, 5.41) is 9.86. The third-order valence-corrected chi connectivity index (χ3v) is 6.06. The molecule has 2 fully saturated rings. The number of nitrogens with one attached hydrogen (secondary N) is 3. The molecule has 3 rings (SSSR count). The van der Waals surface area contributed by atoms with Crippen LogP contribution in [0.5, 0.6) is 0 Å². The normalized spacial score (nSPS) is 20.6. The summed E-state index contributed by atoms with van der Waals surface area (Å²) in [6.45, 7) is 10.2. The first-order valence-electron chi connectivity index (χ1n) is 11.6. The molecule has 1 atom stereocenters. The average Bonchev–Trinajstić information content (AvgIpc) is 3.26. The molecule has 0 aromatic heterocycles. The van der Waals surface area contributed by atoms with Crippen molar-refractivity contribution >= 4 is 17.6 Å². The van der Waals surface area contributed by atoms with Crippen LogP contribution in [-0.2, 0) is 16.1 Å². The van der Waals surface area contributed by atoms with Crippen molar-refractivity contribution in [1.29, 1.82) is 0 Å². The average molecular weight is 431 g/mol. The van der Waals surface area contributed by atoms with Crippen LogP contribution in [0.4, 0.5) is 5.69 Å². The maximum atomic E-state index is 12.3. The topological polar surface area (TPSA) is 81.2 Å². The summed E-state index contributed by atoms with van der Waals surface area (Å²) >= 11 is 0. The molecular formula is C23H38N6O2. The number of aliphatic imine (C=N–C) groups is 1. The predicted molar refractivity (Wildman–Crippen MR) is 125 cm³/mol. The van der Waals surface area contributed by atoms with Crippen LogP contribution in [0, 0.1) is 0 Å². The Hall–Kier alpha value is -2.16. The van der Waals surface area contributed by atoms with Crippen molar-refractivity contribution in [2.24, 2.45) is 4.99 Å². The van der Waals surface area contributed by atoms with Crippen LogP contribution < -0.4 is 16.0 Å². The number of carbonyl (C=O) groups is 1. The number of likely N-dealkylation sites (tertiary alicyclic amines) is 1. The minimum absolute atomic E-state index is 0.0473. The fourth-order valence-corrected chi connectivity index (χ4v) is 4.23. The molecule has 2 saturated heterocycles. The number of morpholine rings is 1. The molecule has 2 aliphatic rings. The smallest absolute Gasteiger partial charge is 0.225 e. The molecule has 3 N–H and O–H groups in total. The highest BCUT2D eigenvalue weighted by Crippen LogP contribution is 2.15. The lowest BCUT2D eigenvalue weighted by molar-refractivity contribution is -0.116. The minimum atomic E-state index is 0.0473. The zero-order chi connectivity index (χ0) is 21.9. The number of hydrogen-bond acceptors (Lipinski definition) is 5. The van der Waals surface area contributed by atoms with Gasteiger partial charge >= 0.3 is 0 Å². The first kappa shape index (κ1) is 23.5. The lowest BCUT2D eigenvalue weighted by Crippen LogP contribution is -2.44. The number of carbonyl (C=O) groups excluding carboxylic acids is 1. The third kappa shape index (κ3) is 7.79.